The molecular weight excluding hydrogens is 256 g/mol. The van der Waals surface area contributed by atoms with Crippen LogP contribution in [0.2, 0.25) is 0 Å². The smallest absolute Gasteiger partial charge is 0.341 e. The molecule has 0 atom stereocenters. The standard InChI is InChI=1S/C13H17F2NO3/c1-8(2)7-18-3-4-19-13(17)9-5-12(16)11(15)6-10(9)14/h5-6,8H,3-4,7,16H2,1-2H3. The van der Waals surface area contributed by atoms with Crippen molar-refractivity contribution in [2.24, 2.45) is 5.92 Å². The van der Waals surface area contributed by atoms with Crippen molar-refractivity contribution in [1.29, 1.82) is 0 Å². The van der Waals surface area contributed by atoms with Crippen LogP contribution in [-0.4, -0.2) is 25.8 Å². The van der Waals surface area contributed by atoms with Gasteiger partial charge in [-0.2, -0.15) is 0 Å². The number of esters is 1. The summed E-state index contributed by atoms with van der Waals surface area (Å²) < 4.78 is 36.3. The zero-order valence-electron chi connectivity index (χ0n) is 10.9. The highest BCUT2D eigenvalue weighted by Gasteiger charge is 2.16. The van der Waals surface area contributed by atoms with Gasteiger partial charge in [0.1, 0.15) is 18.2 Å². The van der Waals surface area contributed by atoms with Gasteiger partial charge in [0.2, 0.25) is 0 Å². The van der Waals surface area contributed by atoms with Crippen molar-refractivity contribution >= 4 is 11.7 Å². The first kappa shape index (κ1) is 15.4. The van der Waals surface area contributed by atoms with Crippen LogP contribution in [0.5, 0.6) is 0 Å². The lowest BCUT2D eigenvalue weighted by Gasteiger charge is -2.08. The molecule has 0 aliphatic heterocycles. The van der Waals surface area contributed by atoms with Gasteiger partial charge >= 0.3 is 5.97 Å². The second-order valence-electron chi connectivity index (χ2n) is 4.46. The van der Waals surface area contributed by atoms with Crippen LogP contribution in [0.1, 0.15) is 24.2 Å². The maximum Gasteiger partial charge on any atom is 0.341 e. The molecule has 1 aromatic rings. The van der Waals surface area contributed by atoms with Crippen LogP contribution in [0.25, 0.3) is 0 Å². The molecule has 1 aromatic carbocycles. The molecule has 0 unspecified atom stereocenters. The lowest BCUT2D eigenvalue weighted by molar-refractivity contribution is 0.0273. The van der Waals surface area contributed by atoms with Crippen LogP contribution in [0.3, 0.4) is 0 Å². The molecule has 0 saturated heterocycles. The van der Waals surface area contributed by atoms with Crippen LogP contribution in [0, 0.1) is 17.6 Å². The number of hydrogen-bond donors (Lipinski definition) is 1. The number of carbonyl (C=O) groups excluding carboxylic acids is 1. The Bertz CT molecular complexity index is 450. The van der Waals surface area contributed by atoms with Gasteiger partial charge in [0, 0.05) is 12.7 Å². The largest absolute Gasteiger partial charge is 0.460 e. The maximum atomic E-state index is 13.3. The summed E-state index contributed by atoms with van der Waals surface area (Å²) in [6.07, 6.45) is 0. The molecule has 0 fully saturated rings. The Morgan fingerprint density at radius 2 is 1.95 bits per heavy atom. The number of halogens is 2. The molecule has 0 radical (unpaired) electrons. The van der Waals surface area contributed by atoms with E-state index in [0.29, 0.717) is 18.6 Å². The monoisotopic (exact) mass is 273 g/mol. The molecular formula is C13H17F2NO3. The summed E-state index contributed by atoms with van der Waals surface area (Å²) in [5.74, 6) is -2.42. The second kappa shape index (κ2) is 7.04. The Morgan fingerprint density at radius 1 is 1.26 bits per heavy atom. The van der Waals surface area contributed by atoms with E-state index in [0.717, 1.165) is 6.07 Å². The first-order valence-electron chi connectivity index (χ1n) is 5.91. The molecule has 19 heavy (non-hydrogen) atoms. The summed E-state index contributed by atoms with van der Waals surface area (Å²) in [5.41, 5.74) is 4.58. The quantitative estimate of drug-likeness (QED) is 0.491. The van der Waals surface area contributed by atoms with E-state index in [2.05, 4.69) is 0 Å². The number of anilines is 1. The normalized spacial score (nSPS) is 10.8. The highest BCUT2D eigenvalue weighted by atomic mass is 19.1. The molecule has 0 amide bonds. The van der Waals surface area contributed by atoms with Crippen molar-refractivity contribution in [2.45, 2.75) is 13.8 Å². The van der Waals surface area contributed by atoms with Crippen molar-refractivity contribution in [3.63, 3.8) is 0 Å². The molecule has 2 N–H and O–H groups in total. The number of hydrogen-bond acceptors (Lipinski definition) is 4. The lowest BCUT2D eigenvalue weighted by Crippen LogP contribution is -2.14. The van der Waals surface area contributed by atoms with Crippen molar-refractivity contribution in [2.75, 3.05) is 25.6 Å². The van der Waals surface area contributed by atoms with Crippen molar-refractivity contribution in [3.05, 3.63) is 29.3 Å². The minimum absolute atomic E-state index is 0.00226. The van der Waals surface area contributed by atoms with Gasteiger partial charge in [-0.25, -0.2) is 13.6 Å². The van der Waals surface area contributed by atoms with Crippen LogP contribution in [0.15, 0.2) is 12.1 Å². The Morgan fingerprint density at radius 3 is 2.58 bits per heavy atom. The molecule has 0 heterocycles. The van der Waals surface area contributed by atoms with Crippen molar-refractivity contribution in [1.82, 2.24) is 0 Å². The fourth-order valence-corrected chi connectivity index (χ4v) is 1.31. The number of nitrogens with two attached hydrogens (primary N) is 1. The highest BCUT2D eigenvalue weighted by molar-refractivity contribution is 5.90. The van der Waals surface area contributed by atoms with E-state index in [1.165, 1.54) is 0 Å². The molecule has 0 aromatic heterocycles. The third-order valence-electron chi connectivity index (χ3n) is 2.22. The predicted octanol–water partition coefficient (Wildman–Crippen LogP) is 2.38. The summed E-state index contributed by atoms with van der Waals surface area (Å²) in [5, 5.41) is 0. The van der Waals surface area contributed by atoms with Crippen LogP contribution in [-0.2, 0) is 9.47 Å². The average Bonchev–Trinajstić information content (AvgIpc) is 2.32. The lowest BCUT2D eigenvalue weighted by atomic mass is 10.2. The Hall–Kier alpha value is -1.69. The number of ether oxygens (including phenoxy) is 2. The minimum atomic E-state index is -1.00. The fourth-order valence-electron chi connectivity index (χ4n) is 1.31. The minimum Gasteiger partial charge on any atom is -0.460 e. The molecule has 0 spiro atoms. The van der Waals surface area contributed by atoms with Crippen molar-refractivity contribution < 1.29 is 23.0 Å². The van der Waals surface area contributed by atoms with Gasteiger partial charge in [0.15, 0.2) is 0 Å². The number of benzene rings is 1. The number of carbonyl (C=O) groups is 1. The summed E-state index contributed by atoms with van der Waals surface area (Å²) in [6.45, 7) is 4.76. The molecule has 6 heteroatoms. The van der Waals surface area contributed by atoms with Gasteiger partial charge in [-0.1, -0.05) is 13.8 Å². The van der Waals surface area contributed by atoms with Crippen LogP contribution in [0.4, 0.5) is 14.5 Å². The second-order valence-corrected chi connectivity index (χ2v) is 4.46. The molecule has 1 rings (SSSR count). The molecule has 0 aliphatic rings. The molecule has 4 nitrogen and oxygen atoms in total. The fraction of sp³-hybridized carbons (Fsp3) is 0.462. The first-order valence-corrected chi connectivity index (χ1v) is 5.91. The highest BCUT2D eigenvalue weighted by Crippen LogP contribution is 2.17. The number of rotatable bonds is 6. The third-order valence-corrected chi connectivity index (χ3v) is 2.22. The Labute approximate surface area is 110 Å². The summed E-state index contributed by atoms with van der Waals surface area (Å²) in [7, 11) is 0. The molecule has 106 valence electrons. The van der Waals surface area contributed by atoms with Gasteiger partial charge < -0.3 is 15.2 Å². The van der Waals surface area contributed by atoms with Crippen LogP contribution >= 0.6 is 0 Å². The van der Waals surface area contributed by atoms with E-state index in [4.69, 9.17) is 15.2 Å². The zero-order valence-corrected chi connectivity index (χ0v) is 10.9. The third kappa shape index (κ3) is 4.82. The van der Waals surface area contributed by atoms with Crippen LogP contribution < -0.4 is 5.73 Å². The van der Waals surface area contributed by atoms with Gasteiger partial charge in [-0.3, -0.25) is 0 Å². The average molecular weight is 273 g/mol. The van der Waals surface area contributed by atoms with E-state index in [9.17, 15) is 13.6 Å². The van der Waals surface area contributed by atoms with Crippen molar-refractivity contribution in [3.8, 4) is 0 Å². The van der Waals surface area contributed by atoms with Gasteiger partial charge in [0.25, 0.3) is 0 Å². The topological polar surface area (TPSA) is 61.5 Å². The zero-order chi connectivity index (χ0) is 14.4. The van der Waals surface area contributed by atoms with E-state index in [1.54, 1.807) is 0 Å². The van der Waals surface area contributed by atoms with Gasteiger partial charge in [-0.05, 0) is 12.0 Å². The Kier molecular flexibility index (Phi) is 5.69. The van der Waals surface area contributed by atoms with E-state index < -0.39 is 17.6 Å². The van der Waals surface area contributed by atoms with E-state index >= 15 is 0 Å². The summed E-state index contributed by atoms with van der Waals surface area (Å²) >= 11 is 0. The summed E-state index contributed by atoms with van der Waals surface area (Å²) in [4.78, 5) is 11.5. The molecule has 0 bridgehead atoms. The first-order chi connectivity index (χ1) is 8.91. The van der Waals surface area contributed by atoms with Gasteiger partial charge in [-0.15, -0.1) is 0 Å². The Balaban J connectivity index is 2.48. The number of nitrogen functional groups attached to an aromatic ring is 1. The van der Waals surface area contributed by atoms with E-state index in [-0.39, 0.29) is 24.5 Å². The molecule has 0 saturated carbocycles. The van der Waals surface area contributed by atoms with E-state index in [1.807, 2.05) is 13.8 Å². The molecule has 0 aliphatic carbocycles. The van der Waals surface area contributed by atoms with Gasteiger partial charge in [0.05, 0.1) is 17.9 Å². The SMILES string of the molecule is CC(C)COCCOC(=O)c1cc(N)c(F)cc1F. The summed E-state index contributed by atoms with van der Waals surface area (Å²) in [6, 6.07) is 1.48. The predicted molar refractivity (Wildman–Crippen MR) is 66.7 cm³/mol. The maximum absolute atomic E-state index is 13.3.